The first-order valence-electron chi connectivity index (χ1n) is 8.50. The summed E-state index contributed by atoms with van der Waals surface area (Å²) in [5.74, 6) is 1.90. The van der Waals surface area contributed by atoms with Crippen LogP contribution in [0.4, 0.5) is 0 Å². The molecule has 1 aromatic rings. The number of piperidine rings is 1. The molecule has 1 saturated heterocycles. The van der Waals surface area contributed by atoms with Gasteiger partial charge in [-0.1, -0.05) is 39.8 Å². The van der Waals surface area contributed by atoms with E-state index in [2.05, 4.69) is 28.9 Å². The summed E-state index contributed by atoms with van der Waals surface area (Å²) in [6, 6.07) is 0.253. The van der Waals surface area contributed by atoms with E-state index in [-0.39, 0.29) is 23.3 Å². The normalized spacial score (nSPS) is 20.0. The van der Waals surface area contributed by atoms with Gasteiger partial charge in [-0.2, -0.15) is 4.98 Å². The standard InChI is InChI=1S/C17H30N4O2/c1-12(2)15-18-14(23-19-15)11-21-9-7-8-13(10-21)20(6)16(22)17(3,4)5/h12-13H,7-11H2,1-6H3. The van der Waals surface area contributed by atoms with Gasteiger partial charge in [0.1, 0.15) is 0 Å². The second-order valence-electron chi connectivity index (χ2n) is 7.90. The van der Waals surface area contributed by atoms with E-state index in [0.717, 1.165) is 31.8 Å². The van der Waals surface area contributed by atoms with Gasteiger partial charge < -0.3 is 9.42 Å². The SMILES string of the molecule is CC(C)c1noc(CN2CCCC(N(C)C(=O)C(C)(C)C)C2)n1. The quantitative estimate of drug-likeness (QED) is 0.853. The Labute approximate surface area is 139 Å². The van der Waals surface area contributed by atoms with Crippen LogP contribution < -0.4 is 0 Å². The van der Waals surface area contributed by atoms with Gasteiger partial charge in [0, 0.05) is 31.0 Å². The molecule has 1 atom stereocenters. The van der Waals surface area contributed by atoms with Crippen molar-refractivity contribution in [2.24, 2.45) is 5.41 Å². The molecule has 0 saturated carbocycles. The predicted octanol–water partition coefficient (Wildman–Crippen LogP) is 2.66. The van der Waals surface area contributed by atoms with Crippen LogP contribution in [-0.2, 0) is 11.3 Å². The van der Waals surface area contributed by atoms with Gasteiger partial charge in [0.05, 0.1) is 6.54 Å². The van der Waals surface area contributed by atoms with E-state index < -0.39 is 0 Å². The maximum absolute atomic E-state index is 12.5. The average molecular weight is 322 g/mol. The molecule has 2 rings (SSSR count). The van der Waals surface area contributed by atoms with Crippen molar-refractivity contribution in [1.29, 1.82) is 0 Å². The molecular weight excluding hydrogens is 292 g/mol. The van der Waals surface area contributed by atoms with Crippen molar-refractivity contribution in [3.8, 4) is 0 Å². The van der Waals surface area contributed by atoms with Gasteiger partial charge in [0.2, 0.25) is 11.8 Å². The lowest BCUT2D eigenvalue weighted by molar-refractivity contribution is -0.141. The van der Waals surface area contributed by atoms with E-state index in [1.54, 1.807) is 0 Å². The smallest absolute Gasteiger partial charge is 0.240 e. The van der Waals surface area contributed by atoms with E-state index >= 15 is 0 Å². The van der Waals surface area contributed by atoms with Crippen molar-refractivity contribution in [3.63, 3.8) is 0 Å². The van der Waals surface area contributed by atoms with Gasteiger partial charge in [-0.25, -0.2) is 0 Å². The van der Waals surface area contributed by atoms with E-state index in [9.17, 15) is 4.79 Å². The molecule has 0 aliphatic carbocycles. The Morgan fingerprint density at radius 3 is 2.70 bits per heavy atom. The molecule has 0 spiro atoms. The minimum absolute atomic E-state index is 0.198. The van der Waals surface area contributed by atoms with Crippen LogP contribution in [0.1, 0.15) is 65.1 Å². The van der Waals surface area contributed by atoms with Crippen molar-refractivity contribution in [1.82, 2.24) is 19.9 Å². The van der Waals surface area contributed by atoms with Crippen LogP contribution in [0.15, 0.2) is 4.52 Å². The molecule has 23 heavy (non-hydrogen) atoms. The molecule has 1 aromatic heterocycles. The number of hydrogen-bond donors (Lipinski definition) is 0. The lowest BCUT2D eigenvalue weighted by Gasteiger charge is -2.39. The van der Waals surface area contributed by atoms with Crippen LogP contribution in [0.5, 0.6) is 0 Å². The van der Waals surface area contributed by atoms with Gasteiger partial charge in [-0.15, -0.1) is 0 Å². The lowest BCUT2D eigenvalue weighted by atomic mass is 9.93. The molecule has 130 valence electrons. The summed E-state index contributed by atoms with van der Waals surface area (Å²) < 4.78 is 5.34. The monoisotopic (exact) mass is 322 g/mol. The molecule has 0 radical (unpaired) electrons. The first-order chi connectivity index (χ1) is 10.7. The zero-order valence-electron chi connectivity index (χ0n) is 15.3. The number of hydrogen-bond acceptors (Lipinski definition) is 5. The largest absolute Gasteiger partial charge is 0.341 e. The van der Waals surface area contributed by atoms with Gasteiger partial charge in [-0.05, 0) is 19.4 Å². The number of aromatic nitrogens is 2. The number of amides is 1. The minimum atomic E-state index is -0.338. The van der Waals surface area contributed by atoms with Crippen LogP contribution in [0.3, 0.4) is 0 Å². The van der Waals surface area contributed by atoms with Crippen LogP contribution in [0.25, 0.3) is 0 Å². The first-order valence-corrected chi connectivity index (χ1v) is 8.50. The molecule has 1 fully saturated rings. The molecule has 1 amide bonds. The Bertz CT molecular complexity index is 533. The Kier molecular flexibility index (Phi) is 5.45. The van der Waals surface area contributed by atoms with Crippen LogP contribution in [0, 0.1) is 5.41 Å². The first kappa shape index (κ1) is 17.9. The average Bonchev–Trinajstić information content (AvgIpc) is 2.94. The summed E-state index contributed by atoms with van der Waals surface area (Å²) in [4.78, 5) is 21.1. The van der Waals surface area contributed by atoms with Crippen LogP contribution in [-0.4, -0.2) is 52.0 Å². The summed E-state index contributed by atoms with van der Waals surface area (Å²) in [6.07, 6.45) is 2.13. The number of rotatable bonds is 4. The molecule has 0 aromatic carbocycles. The van der Waals surface area contributed by atoms with E-state index in [0.29, 0.717) is 12.4 Å². The molecule has 2 heterocycles. The minimum Gasteiger partial charge on any atom is -0.341 e. The van der Waals surface area contributed by atoms with Gasteiger partial charge in [0.15, 0.2) is 5.82 Å². The maximum Gasteiger partial charge on any atom is 0.240 e. The van der Waals surface area contributed by atoms with Gasteiger partial charge >= 0.3 is 0 Å². The Hall–Kier alpha value is -1.43. The van der Waals surface area contributed by atoms with Gasteiger partial charge in [0.25, 0.3) is 0 Å². The van der Waals surface area contributed by atoms with E-state index in [1.807, 2.05) is 32.7 Å². The van der Waals surface area contributed by atoms with Crippen molar-refractivity contribution >= 4 is 5.91 Å². The highest BCUT2D eigenvalue weighted by atomic mass is 16.5. The summed E-state index contributed by atoms with van der Waals surface area (Å²) >= 11 is 0. The van der Waals surface area contributed by atoms with Crippen LogP contribution in [0.2, 0.25) is 0 Å². The zero-order chi connectivity index (χ0) is 17.2. The Morgan fingerprint density at radius 1 is 1.43 bits per heavy atom. The third kappa shape index (κ3) is 4.53. The van der Waals surface area contributed by atoms with Crippen molar-refractivity contribution in [2.75, 3.05) is 20.1 Å². The number of carbonyl (C=O) groups is 1. The highest BCUT2D eigenvalue weighted by Crippen LogP contribution is 2.23. The van der Waals surface area contributed by atoms with E-state index in [1.165, 1.54) is 0 Å². The highest BCUT2D eigenvalue weighted by Gasteiger charge is 2.32. The van der Waals surface area contributed by atoms with Gasteiger partial charge in [-0.3, -0.25) is 9.69 Å². The summed E-state index contributed by atoms with van der Waals surface area (Å²) in [6.45, 7) is 12.5. The number of carbonyl (C=O) groups excluding carboxylic acids is 1. The summed E-state index contributed by atoms with van der Waals surface area (Å²) in [5, 5.41) is 4.02. The molecule has 1 unspecified atom stereocenters. The summed E-state index contributed by atoms with van der Waals surface area (Å²) in [5.41, 5.74) is -0.338. The number of nitrogens with zero attached hydrogens (tertiary/aromatic N) is 4. The van der Waals surface area contributed by atoms with Crippen molar-refractivity contribution in [2.45, 2.75) is 66.0 Å². The molecule has 1 aliphatic heterocycles. The number of likely N-dealkylation sites (N-methyl/N-ethyl adjacent to an activating group) is 1. The molecule has 6 heteroatoms. The Morgan fingerprint density at radius 2 is 2.13 bits per heavy atom. The molecular formula is C17H30N4O2. The predicted molar refractivity (Wildman–Crippen MR) is 88.9 cm³/mol. The Balaban J connectivity index is 1.96. The topological polar surface area (TPSA) is 62.5 Å². The zero-order valence-corrected chi connectivity index (χ0v) is 15.3. The second kappa shape index (κ2) is 6.99. The molecule has 1 aliphatic rings. The fraction of sp³-hybridized carbons (Fsp3) is 0.824. The third-order valence-electron chi connectivity index (χ3n) is 4.35. The van der Waals surface area contributed by atoms with Crippen molar-refractivity contribution < 1.29 is 9.32 Å². The molecule has 0 bridgehead atoms. The maximum atomic E-state index is 12.5. The van der Waals surface area contributed by atoms with Crippen LogP contribution >= 0.6 is 0 Å². The highest BCUT2D eigenvalue weighted by molar-refractivity contribution is 5.81. The fourth-order valence-corrected chi connectivity index (χ4v) is 2.94. The fourth-order valence-electron chi connectivity index (χ4n) is 2.94. The third-order valence-corrected chi connectivity index (χ3v) is 4.35. The lowest BCUT2D eigenvalue weighted by Crippen LogP contribution is -2.50. The second-order valence-corrected chi connectivity index (χ2v) is 7.90. The van der Waals surface area contributed by atoms with E-state index in [4.69, 9.17) is 4.52 Å². The number of likely N-dealkylation sites (tertiary alicyclic amines) is 1. The summed E-state index contributed by atoms with van der Waals surface area (Å²) in [7, 11) is 1.92. The molecule has 6 nitrogen and oxygen atoms in total. The van der Waals surface area contributed by atoms with Crippen molar-refractivity contribution in [3.05, 3.63) is 11.7 Å². The molecule has 0 N–H and O–H groups in total.